The summed E-state index contributed by atoms with van der Waals surface area (Å²) < 4.78 is 0. The van der Waals surface area contributed by atoms with Gasteiger partial charge in [0.15, 0.2) is 5.78 Å². The zero-order valence-electron chi connectivity index (χ0n) is 10.1. The quantitative estimate of drug-likeness (QED) is 0.751. The van der Waals surface area contributed by atoms with Crippen molar-refractivity contribution < 1.29 is 4.79 Å². The van der Waals surface area contributed by atoms with Gasteiger partial charge < -0.3 is 0 Å². The molecule has 0 aliphatic heterocycles. The molecule has 0 aliphatic carbocycles. The molecule has 2 heteroatoms. The molecule has 0 aliphatic rings. The number of carbonyl (C=O) groups excluding carboxylic acids is 1. The minimum Gasteiger partial charge on any atom is -0.294 e. The van der Waals surface area contributed by atoms with Crippen LogP contribution in [0.3, 0.4) is 0 Å². The van der Waals surface area contributed by atoms with Crippen molar-refractivity contribution in [2.24, 2.45) is 0 Å². The van der Waals surface area contributed by atoms with Crippen LogP contribution in [0.5, 0.6) is 0 Å². The molecule has 0 atom stereocenters. The molecule has 1 heterocycles. The third-order valence-corrected chi connectivity index (χ3v) is 2.95. The van der Waals surface area contributed by atoms with Crippen molar-refractivity contribution in [1.82, 2.24) is 4.98 Å². The molecule has 0 fully saturated rings. The van der Waals surface area contributed by atoms with Crippen molar-refractivity contribution in [2.75, 3.05) is 0 Å². The van der Waals surface area contributed by atoms with Crippen molar-refractivity contribution in [1.29, 1.82) is 0 Å². The summed E-state index contributed by atoms with van der Waals surface area (Å²) in [5, 5.41) is 0. The van der Waals surface area contributed by atoms with Crippen LogP contribution in [-0.4, -0.2) is 10.8 Å². The Hall–Kier alpha value is -1.96. The third-order valence-electron chi connectivity index (χ3n) is 2.95. The molecule has 0 saturated heterocycles. The van der Waals surface area contributed by atoms with Crippen LogP contribution < -0.4 is 0 Å². The molecule has 0 radical (unpaired) electrons. The summed E-state index contributed by atoms with van der Waals surface area (Å²) in [6.45, 7) is 3.96. The summed E-state index contributed by atoms with van der Waals surface area (Å²) in [4.78, 5) is 16.2. The van der Waals surface area contributed by atoms with E-state index < -0.39 is 0 Å². The summed E-state index contributed by atoms with van der Waals surface area (Å²) in [5.74, 6) is 0.130. The Kier molecular flexibility index (Phi) is 3.33. The van der Waals surface area contributed by atoms with Gasteiger partial charge in [-0.05, 0) is 36.6 Å². The summed E-state index contributed by atoms with van der Waals surface area (Å²) in [6, 6.07) is 9.84. The first kappa shape index (κ1) is 11.5. The topological polar surface area (TPSA) is 30.0 Å². The van der Waals surface area contributed by atoms with Gasteiger partial charge in [-0.2, -0.15) is 0 Å². The highest BCUT2D eigenvalue weighted by Crippen LogP contribution is 2.13. The fourth-order valence-corrected chi connectivity index (χ4v) is 1.83. The van der Waals surface area contributed by atoms with Crippen LogP contribution in [0.2, 0.25) is 0 Å². The maximum Gasteiger partial charge on any atom is 0.169 e. The Morgan fingerprint density at radius 3 is 2.59 bits per heavy atom. The number of nitrogens with zero attached hydrogens (tertiary/aromatic N) is 1. The highest BCUT2D eigenvalue weighted by Gasteiger charge is 2.10. The Morgan fingerprint density at radius 1 is 1.12 bits per heavy atom. The van der Waals surface area contributed by atoms with E-state index >= 15 is 0 Å². The summed E-state index contributed by atoms with van der Waals surface area (Å²) in [7, 11) is 0. The number of pyridine rings is 1. The Morgan fingerprint density at radius 2 is 1.88 bits per heavy atom. The molecule has 0 bridgehead atoms. The number of rotatable bonds is 3. The van der Waals surface area contributed by atoms with Gasteiger partial charge in [0, 0.05) is 24.4 Å². The number of aromatic nitrogens is 1. The van der Waals surface area contributed by atoms with E-state index in [1.54, 1.807) is 12.4 Å². The van der Waals surface area contributed by atoms with Gasteiger partial charge in [0.25, 0.3) is 0 Å². The Labute approximate surface area is 101 Å². The molecule has 1 aromatic carbocycles. The molecule has 0 spiro atoms. The average Bonchev–Trinajstić information content (AvgIpc) is 2.32. The molecule has 0 unspecified atom stereocenters. The lowest BCUT2D eigenvalue weighted by Gasteiger charge is -2.06. The van der Waals surface area contributed by atoms with E-state index in [0.29, 0.717) is 6.42 Å². The molecular formula is C15H15NO. The van der Waals surface area contributed by atoms with E-state index in [1.807, 2.05) is 44.2 Å². The minimum absolute atomic E-state index is 0.130. The smallest absolute Gasteiger partial charge is 0.169 e. The van der Waals surface area contributed by atoms with E-state index in [9.17, 15) is 4.79 Å². The molecule has 0 saturated carbocycles. The zero-order chi connectivity index (χ0) is 12.3. The predicted molar refractivity (Wildman–Crippen MR) is 68.2 cm³/mol. The van der Waals surface area contributed by atoms with Crippen molar-refractivity contribution in [3.8, 4) is 0 Å². The van der Waals surface area contributed by atoms with E-state index in [4.69, 9.17) is 0 Å². The minimum atomic E-state index is 0.130. The lowest BCUT2D eigenvalue weighted by molar-refractivity contribution is 0.0992. The Bertz CT molecular complexity index is 546. The number of benzene rings is 1. The zero-order valence-corrected chi connectivity index (χ0v) is 10.1. The number of aryl methyl sites for hydroxylation is 2. The number of Topliss-reactive ketones (excluding diaryl/α,β-unsaturated/α-hetero) is 1. The van der Waals surface area contributed by atoms with Gasteiger partial charge in [0.05, 0.1) is 0 Å². The monoisotopic (exact) mass is 225 g/mol. The first-order valence-corrected chi connectivity index (χ1v) is 5.67. The van der Waals surface area contributed by atoms with Gasteiger partial charge in [-0.15, -0.1) is 0 Å². The highest BCUT2D eigenvalue weighted by atomic mass is 16.1. The largest absolute Gasteiger partial charge is 0.294 e. The lowest BCUT2D eigenvalue weighted by atomic mass is 9.98. The normalized spacial score (nSPS) is 10.2. The van der Waals surface area contributed by atoms with Gasteiger partial charge in [0.2, 0.25) is 0 Å². The SMILES string of the molecule is Cc1ccccc1CC(=O)c1cnccc1C. The van der Waals surface area contributed by atoms with Gasteiger partial charge in [-0.3, -0.25) is 9.78 Å². The maximum atomic E-state index is 12.1. The molecule has 0 N–H and O–H groups in total. The van der Waals surface area contributed by atoms with Crippen LogP contribution in [0.4, 0.5) is 0 Å². The van der Waals surface area contributed by atoms with Gasteiger partial charge in [-0.25, -0.2) is 0 Å². The molecular weight excluding hydrogens is 210 g/mol. The number of hydrogen-bond acceptors (Lipinski definition) is 2. The van der Waals surface area contributed by atoms with Crippen LogP contribution in [0.1, 0.15) is 27.0 Å². The van der Waals surface area contributed by atoms with E-state index in [1.165, 1.54) is 0 Å². The number of carbonyl (C=O) groups is 1. The highest BCUT2D eigenvalue weighted by molar-refractivity contribution is 5.98. The van der Waals surface area contributed by atoms with E-state index in [0.717, 1.165) is 22.3 Å². The Balaban J connectivity index is 2.24. The molecule has 0 amide bonds. The van der Waals surface area contributed by atoms with Gasteiger partial charge >= 0.3 is 0 Å². The molecule has 2 nitrogen and oxygen atoms in total. The standard InChI is InChI=1S/C15H15NO/c1-11-5-3-4-6-13(11)9-15(17)14-10-16-8-7-12(14)2/h3-8,10H,9H2,1-2H3. The van der Waals surface area contributed by atoms with Gasteiger partial charge in [-0.1, -0.05) is 24.3 Å². The molecule has 1 aromatic heterocycles. The second-order valence-electron chi connectivity index (χ2n) is 4.22. The van der Waals surface area contributed by atoms with Crippen molar-refractivity contribution in [3.63, 3.8) is 0 Å². The fraction of sp³-hybridized carbons (Fsp3) is 0.200. The molecule has 86 valence electrons. The number of hydrogen-bond donors (Lipinski definition) is 0. The van der Waals surface area contributed by atoms with Crippen molar-refractivity contribution >= 4 is 5.78 Å². The first-order valence-electron chi connectivity index (χ1n) is 5.67. The maximum absolute atomic E-state index is 12.1. The van der Waals surface area contributed by atoms with Crippen LogP contribution in [0.15, 0.2) is 42.7 Å². The van der Waals surface area contributed by atoms with Crippen LogP contribution in [-0.2, 0) is 6.42 Å². The van der Waals surface area contributed by atoms with Gasteiger partial charge in [0.1, 0.15) is 0 Å². The van der Waals surface area contributed by atoms with Crippen molar-refractivity contribution in [2.45, 2.75) is 20.3 Å². The first-order chi connectivity index (χ1) is 8.18. The third kappa shape index (κ3) is 2.59. The predicted octanol–water partition coefficient (Wildman–Crippen LogP) is 3.12. The average molecular weight is 225 g/mol. The van der Waals surface area contributed by atoms with E-state index in [2.05, 4.69) is 4.98 Å². The second-order valence-corrected chi connectivity index (χ2v) is 4.22. The molecule has 2 aromatic rings. The van der Waals surface area contributed by atoms with E-state index in [-0.39, 0.29) is 5.78 Å². The summed E-state index contributed by atoms with van der Waals surface area (Å²) in [5.41, 5.74) is 3.94. The van der Waals surface area contributed by atoms with Crippen molar-refractivity contribution in [3.05, 3.63) is 65.0 Å². The molecule has 2 rings (SSSR count). The van der Waals surface area contributed by atoms with Crippen LogP contribution in [0, 0.1) is 13.8 Å². The second kappa shape index (κ2) is 4.91. The van der Waals surface area contributed by atoms with Crippen LogP contribution >= 0.6 is 0 Å². The lowest BCUT2D eigenvalue weighted by Crippen LogP contribution is -2.07. The number of ketones is 1. The van der Waals surface area contributed by atoms with Crippen LogP contribution in [0.25, 0.3) is 0 Å². The molecule has 17 heavy (non-hydrogen) atoms. The summed E-state index contributed by atoms with van der Waals surface area (Å²) in [6.07, 6.45) is 3.80. The summed E-state index contributed by atoms with van der Waals surface area (Å²) >= 11 is 0. The fourth-order valence-electron chi connectivity index (χ4n) is 1.83.